The minimum absolute atomic E-state index is 0.0216. The molecule has 0 atom stereocenters. The highest BCUT2D eigenvalue weighted by Gasteiger charge is 2.12. The smallest absolute Gasteiger partial charge is 0.269 e. The lowest BCUT2D eigenvalue weighted by Gasteiger charge is -2.10. The highest BCUT2D eigenvalue weighted by molar-refractivity contribution is 7.98. The number of thioether (sulfide) groups is 1. The van der Waals surface area contributed by atoms with Crippen LogP contribution in [0.5, 0.6) is 0 Å². The fraction of sp³-hybridized carbons (Fsp3) is 0.125. The van der Waals surface area contributed by atoms with E-state index >= 15 is 0 Å². The van der Waals surface area contributed by atoms with E-state index in [1.807, 2.05) is 48.5 Å². The Balaban J connectivity index is 1.64. The highest BCUT2D eigenvalue weighted by atomic mass is 32.2. The zero-order valence-corrected chi connectivity index (χ0v) is 17.2. The third-order valence-electron chi connectivity index (χ3n) is 4.39. The number of non-ortho nitro benzene ring substituents is 1. The molecule has 152 valence electrons. The molecule has 1 amide bonds. The summed E-state index contributed by atoms with van der Waals surface area (Å²) in [6.45, 7) is 0.556. The highest BCUT2D eigenvalue weighted by Crippen LogP contribution is 2.20. The van der Waals surface area contributed by atoms with E-state index in [1.54, 1.807) is 30.0 Å². The molecule has 0 heterocycles. The van der Waals surface area contributed by atoms with Gasteiger partial charge in [-0.15, -0.1) is 0 Å². The molecule has 0 unspecified atom stereocenters. The summed E-state index contributed by atoms with van der Waals surface area (Å²) in [5.74, 6) is 1.54. The maximum atomic E-state index is 12.9. The zero-order chi connectivity index (χ0) is 21.2. The van der Waals surface area contributed by atoms with Crippen LogP contribution in [0.1, 0.15) is 16.7 Å². The summed E-state index contributed by atoms with van der Waals surface area (Å²) in [5.41, 5.74) is 3.33. The van der Waals surface area contributed by atoms with E-state index < -0.39 is 4.92 Å². The molecule has 0 radical (unpaired) electrons. The van der Waals surface area contributed by atoms with Crippen molar-refractivity contribution in [1.29, 1.82) is 0 Å². The average Bonchev–Trinajstić information content (AvgIpc) is 2.78. The van der Waals surface area contributed by atoms with Crippen molar-refractivity contribution in [2.75, 3.05) is 12.3 Å². The summed E-state index contributed by atoms with van der Waals surface area (Å²) < 4.78 is 0. The second kappa shape index (κ2) is 11.0. The Morgan fingerprint density at radius 2 is 1.57 bits per heavy atom. The number of nitrogens with zero attached hydrogens (tertiary/aromatic N) is 1. The van der Waals surface area contributed by atoms with Crippen molar-refractivity contribution in [3.05, 3.63) is 112 Å². The summed E-state index contributed by atoms with van der Waals surface area (Å²) in [6.07, 6.45) is 1.76. The van der Waals surface area contributed by atoms with Crippen molar-refractivity contribution in [2.24, 2.45) is 0 Å². The Kier molecular flexibility index (Phi) is 7.80. The number of carbonyl (C=O) groups is 1. The third-order valence-corrected chi connectivity index (χ3v) is 5.42. The largest absolute Gasteiger partial charge is 0.351 e. The topological polar surface area (TPSA) is 72.2 Å². The molecule has 0 aromatic heterocycles. The van der Waals surface area contributed by atoms with Crippen molar-refractivity contribution < 1.29 is 9.72 Å². The maximum Gasteiger partial charge on any atom is 0.269 e. The number of rotatable bonds is 9. The van der Waals surface area contributed by atoms with Gasteiger partial charge in [-0.05, 0) is 34.9 Å². The Morgan fingerprint density at radius 3 is 2.20 bits per heavy atom. The van der Waals surface area contributed by atoms with Gasteiger partial charge in [0, 0.05) is 35.8 Å². The quantitative estimate of drug-likeness (QED) is 0.171. The van der Waals surface area contributed by atoms with Crippen molar-refractivity contribution in [3.8, 4) is 0 Å². The first kappa shape index (κ1) is 21.3. The first-order chi connectivity index (χ1) is 14.6. The Bertz CT molecular complexity index is 1000. The predicted octanol–water partition coefficient (Wildman–Crippen LogP) is 5.19. The van der Waals surface area contributed by atoms with Crippen molar-refractivity contribution in [2.45, 2.75) is 5.75 Å². The van der Waals surface area contributed by atoms with E-state index in [1.165, 1.54) is 17.7 Å². The minimum atomic E-state index is -0.439. The van der Waals surface area contributed by atoms with Gasteiger partial charge in [0.05, 0.1) is 4.92 Å². The number of hydrogen-bond donors (Lipinski definition) is 1. The van der Waals surface area contributed by atoms with E-state index in [4.69, 9.17) is 0 Å². The number of nitro benzene ring substituents is 1. The van der Waals surface area contributed by atoms with Gasteiger partial charge in [-0.25, -0.2) is 0 Å². The molecule has 5 nitrogen and oxygen atoms in total. The van der Waals surface area contributed by atoms with Gasteiger partial charge in [0.2, 0.25) is 0 Å². The summed E-state index contributed by atoms with van der Waals surface area (Å²) in [4.78, 5) is 23.3. The predicted molar refractivity (Wildman–Crippen MR) is 123 cm³/mol. The first-order valence-electron chi connectivity index (χ1n) is 9.55. The zero-order valence-electron chi connectivity index (χ0n) is 16.4. The van der Waals surface area contributed by atoms with Crippen molar-refractivity contribution >= 4 is 35.0 Å². The fourth-order valence-corrected chi connectivity index (χ4v) is 3.67. The Hall–Kier alpha value is -3.38. The molecule has 3 aromatic rings. The summed E-state index contributed by atoms with van der Waals surface area (Å²) in [5, 5.41) is 13.8. The summed E-state index contributed by atoms with van der Waals surface area (Å²) >= 11 is 1.77. The van der Waals surface area contributed by atoms with Crippen LogP contribution in [-0.2, 0) is 10.5 Å². The molecule has 0 bridgehead atoms. The lowest BCUT2D eigenvalue weighted by atomic mass is 10.0. The normalized spacial score (nSPS) is 11.1. The molecule has 0 aliphatic carbocycles. The van der Waals surface area contributed by atoms with Crippen LogP contribution in [0, 0.1) is 10.1 Å². The Labute approximate surface area is 180 Å². The molecule has 0 spiro atoms. The van der Waals surface area contributed by atoms with Crippen molar-refractivity contribution in [1.82, 2.24) is 5.32 Å². The van der Waals surface area contributed by atoms with Gasteiger partial charge in [-0.3, -0.25) is 14.9 Å². The van der Waals surface area contributed by atoms with Gasteiger partial charge in [0.15, 0.2) is 0 Å². The van der Waals surface area contributed by atoms with Gasteiger partial charge in [-0.2, -0.15) is 11.8 Å². The van der Waals surface area contributed by atoms with Gasteiger partial charge >= 0.3 is 0 Å². The van der Waals surface area contributed by atoms with E-state index in [-0.39, 0.29) is 11.6 Å². The number of benzene rings is 3. The molecule has 3 aromatic carbocycles. The van der Waals surface area contributed by atoms with Crippen LogP contribution in [0.25, 0.3) is 11.6 Å². The Morgan fingerprint density at radius 1 is 0.933 bits per heavy atom. The van der Waals surface area contributed by atoms with Crippen LogP contribution >= 0.6 is 11.8 Å². The molecular weight excluding hydrogens is 396 g/mol. The molecule has 3 rings (SSSR count). The molecule has 0 saturated heterocycles. The van der Waals surface area contributed by atoms with Gasteiger partial charge in [0.1, 0.15) is 0 Å². The second-order valence-electron chi connectivity index (χ2n) is 6.57. The van der Waals surface area contributed by atoms with Gasteiger partial charge in [0.25, 0.3) is 11.6 Å². The van der Waals surface area contributed by atoms with E-state index in [0.717, 1.165) is 22.6 Å². The van der Waals surface area contributed by atoms with E-state index in [2.05, 4.69) is 17.4 Å². The lowest BCUT2D eigenvalue weighted by Crippen LogP contribution is -2.26. The lowest BCUT2D eigenvalue weighted by molar-refractivity contribution is -0.384. The number of nitro groups is 1. The van der Waals surface area contributed by atoms with Gasteiger partial charge < -0.3 is 5.32 Å². The second-order valence-corrected chi connectivity index (χ2v) is 7.67. The maximum absolute atomic E-state index is 12.9. The SMILES string of the molecule is O=C(NCCSCc1ccccc1)/C(=C/c1ccc([N+](=O)[O-])cc1)c1ccccc1. The number of hydrogen-bond acceptors (Lipinski definition) is 4. The van der Waals surface area contributed by atoms with Crippen LogP contribution in [0.4, 0.5) is 5.69 Å². The standard InChI is InChI=1S/C24H22N2O3S/c27-24(25-15-16-30-18-20-7-3-1-4-8-20)23(21-9-5-2-6-10-21)17-19-11-13-22(14-12-19)26(28)29/h1-14,17H,15-16,18H2,(H,25,27)/b23-17+. The molecule has 0 fully saturated rings. The first-order valence-corrected chi connectivity index (χ1v) is 10.7. The van der Waals surface area contributed by atoms with Crippen molar-refractivity contribution in [3.63, 3.8) is 0 Å². The van der Waals surface area contributed by atoms with Crippen LogP contribution in [0.3, 0.4) is 0 Å². The van der Waals surface area contributed by atoms with E-state index in [9.17, 15) is 14.9 Å². The number of amides is 1. The molecule has 0 aliphatic rings. The molecule has 30 heavy (non-hydrogen) atoms. The van der Waals surface area contributed by atoms with Crippen LogP contribution in [-0.4, -0.2) is 23.1 Å². The molecule has 1 N–H and O–H groups in total. The monoisotopic (exact) mass is 418 g/mol. The van der Waals surface area contributed by atoms with Crippen LogP contribution in [0.2, 0.25) is 0 Å². The van der Waals surface area contributed by atoms with Gasteiger partial charge in [-0.1, -0.05) is 60.7 Å². The summed E-state index contributed by atoms with van der Waals surface area (Å²) in [6, 6.07) is 25.8. The molecular formula is C24H22N2O3S. The fourth-order valence-electron chi connectivity index (χ4n) is 2.85. The van der Waals surface area contributed by atoms with Crippen LogP contribution < -0.4 is 5.32 Å². The summed E-state index contributed by atoms with van der Waals surface area (Å²) in [7, 11) is 0. The van der Waals surface area contributed by atoms with Crippen LogP contribution in [0.15, 0.2) is 84.9 Å². The molecule has 0 aliphatic heterocycles. The third kappa shape index (κ3) is 6.32. The average molecular weight is 419 g/mol. The number of nitrogens with one attached hydrogen (secondary N) is 1. The minimum Gasteiger partial charge on any atom is -0.351 e. The molecule has 0 saturated carbocycles. The molecule has 6 heteroatoms. The number of carbonyl (C=O) groups excluding carboxylic acids is 1. The van der Waals surface area contributed by atoms with E-state index in [0.29, 0.717) is 12.1 Å².